The number of esters is 1. The lowest BCUT2D eigenvalue weighted by Gasteiger charge is -2.33. The van der Waals surface area contributed by atoms with Gasteiger partial charge in [-0.15, -0.1) is 0 Å². The van der Waals surface area contributed by atoms with Gasteiger partial charge in [0.2, 0.25) is 5.91 Å². The average molecular weight is 358 g/mol. The second-order valence-electron chi connectivity index (χ2n) is 7.20. The smallest absolute Gasteiger partial charge is 0.309 e. The highest BCUT2D eigenvalue weighted by molar-refractivity contribution is 6.22. The number of likely N-dealkylation sites (tertiary alicyclic amines) is 1. The molecule has 0 bridgehead atoms. The molecule has 6 heteroatoms. The summed E-state index contributed by atoms with van der Waals surface area (Å²) in [5.41, 5.74) is 2.71. The third kappa shape index (κ3) is 3.65. The molecule has 1 atom stereocenters. The van der Waals surface area contributed by atoms with E-state index in [0.717, 1.165) is 11.1 Å². The van der Waals surface area contributed by atoms with Crippen LogP contribution in [0.4, 0.5) is 5.69 Å². The highest BCUT2D eigenvalue weighted by Gasteiger charge is 2.44. The van der Waals surface area contributed by atoms with Crippen LogP contribution in [0.1, 0.15) is 37.3 Å². The predicted molar refractivity (Wildman–Crippen MR) is 97.7 cm³/mol. The Hall–Kier alpha value is -2.21. The van der Waals surface area contributed by atoms with Gasteiger partial charge in [0.05, 0.1) is 30.7 Å². The van der Waals surface area contributed by atoms with Gasteiger partial charge in [0, 0.05) is 0 Å². The summed E-state index contributed by atoms with van der Waals surface area (Å²) in [6.07, 6.45) is 1.54. The van der Waals surface area contributed by atoms with Gasteiger partial charge in [0.25, 0.3) is 5.91 Å². The molecule has 2 heterocycles. The summed E-state index contributed by atoms with van der Waals surface area (Å²) >= 11 is 0. The van der Waals surface area contributed by atoms with Crippen LogP contribution in [-0.2, 0) is 19.1 Å². The summed E-state index contributed by atoms with van der Waals surface area (Å²) in [5.74, 6) is -0.570. The summed E-state index contributed by atoms with van der Waals surface area (Å²) in [4.78, 5) is 40.7. The van der Waals surface area contributed by atoms with E-state index < -0.39 is 6.04 Å². The summed E-state index contributed by atoms with van der Waals surface area (Å²) in [5, 5.41) is 0. The van der Waals surface area contributed by atoms with Crippen molar-refractivity contribution in [3.63, 3.8) is 0 Å². The summed E-state index contributed by atoms with van der Waals surface area (Å²) in [7, 11) is 0. The fraction of sp³-hybridized carbons (Fsp3) is 0.550. The third-order valence-corrected chi connectivity index (χ3v) is 5.18. The lowest BCUT2D eigenvalue weighted by Crippen LogP contribution is -2.47. The Labute approximate surface area is 154 Å². The van der Waals surface area contributed by atoms with Gasteiger partial charge < -0.3 is 4.74 Å². The number of ether oxygens (including phenoxy) is 1. The van der Waals surface area contributed by atoms with Crippen molar-refractivity contribution in [2.24, 2.45) is 5.92 Å². The summed E-state index contributed by atoms with van der Waals surface area (Å²) < 4.78 is 5.09. The molecule has 2 amide bonds. The van der Waals surface area contributed by atoms with Crippen molar-refractivity contribution >= 4 is 23.5 Å². The van der Waals surface area contributed by atoms with E-state index in [4.69, 9.17) is 4.74 Å². The summed E-state index contributed by atoms with van der Waals surface area (Å²) in [6, 6.07) is 5.34. The molecule has 1 unspecified atom stereocenters. The van der Waals surface area contributed by atoms with E-state index in [9.17, 15) is 14.4 Å². The minimum atomic E-state index is -0.425. The van der Waals surface area contributed by atoms with Gasteiger partial charge in [-0.05, 0) is 70.0 Å². The van der Waals surface area contributed by atoms with Gasteiger partial charge in [-0.1, -0.05) is 6.07 Å². The zero-order valence-electron chi connectivity index (χ0n) is 15.7. The number of hydrogen-bond donors (Lipinski definition) is 0. The van der Waals surface area contributed by atoms with Crippen molar-refractivity contribution in [3.05, 3.63) is 29.3 Å². The second-order valence-corrected chi connectivity index (χ2v) is 7.20. The molecule has 1 aromatic rings. The van der Waals surface area contributed by atoms with Gasteiger partial charge in [0.1, 0.15) is 0 Å². The van der Waals surface area contributed by atoms with Gasteiger partial charge in [-0.2, -0.15) is 0 Å². The Bertz CT molecular complexity index is 702. The van der Waals surface area contributed by atoms with Crippen LogP contribution in [0.25, 0.3) is 0 Å². The Morgan fingerprint density at radius 1 is 1.12 bits per heavy atom. The van der Waals surface area contributed by atoms with E-state index in [-0.39, 0.29) is 30.1 Å². The largest absolute Gasteiger partial charge is 0.466 e. The number of amides is 2. The predicted octanol–water partition coefficient (Wildman–Crippen LogP) is 2.21. The molecule has 2 aliphatic rings. The fourth-order valence-corrected chi connectivity index (χ4v) is 3.96. The Balaban J connectivity index is 1.69. The SMILES string of the molecule is CCOC(=O)C1CCN(C2CC(=O)N(c3cc(C)cc(C)c3)C2=O)CC1. The topological polar surface area (TPSA) is 66.9 Å². The average Bonchev–Trinajstić information content (AvgIpc) is 2.89. The molecule has 0 radical (unpaired) electrons. The van der Waals surface area contributed by atoms with E-state index in [1.807, 2.05) is 36.9 Å². The first kappa shape index (κ1) is 18.6. The van der Waals surface area contributed by atoms with Crippen LogP contribution in [0, 0.1) is 19.8 Å². The minimum Gasteiger partial charge on any atom is -0.466 e. The maximum atomic E-state index is 12.9. The van der Waals surface area contributed by atoms with Crippen molar-refractivity contribution in [2.75, 3.05) is 24.6 Å². The van der Waals surface area contributed by atoms with Crippen LogP contribution in [0.5, 0.6) is 0 Å². The number of carbonyl (C=O) groups excluding carboxylic acids is 3. The Morgan fingerprint density at radius 2 is 1.73 bits per heavy atom. The number of rotatable bonds is 4. The lowest BCUT2D eigenvalue weighted by molar-refractivity contribution is -0.149. The molecule has 0 aliphatic carbocycles. The van der Waals surface area contributed by atoms with Gasteiger partial charge in [0.15, 0.2) is 0 Å². The van der Waals surface area contributed by atoms with Crippen molar-refractivity contribution in [2.45, 2.75) is 46.1 Å². The first-order valence-electron chi connectivity index (χ1n) is 9.26. The van der Waals surface area contributed by atoms with Crippen molar-refractivity contribution in [1.29, 1.82) is 0 Å². The van der Waals surface area contributed by atoms with Crippen molar-refractivity contribution in [3.8, 4) is 0 Å². The van der Waals surface area contributed by atoms with Crippen LogP contribution >= 0.6 is 0 Å². The molecule has 2 fully saturated rings. The van der Waals surface area contributed by atoms with Crippen LogP contribution < -0.4 is 4.90 Å². The molecule has 2 aliphatic heterocycles. The van der Waals surface area contributed by atoms with Crippen molar-refractivity contribution in [1.82, 2.24) is 4.90 Å². The van der Waals surface area contributed by atoms with E-state index >= 15 is 0 Å². The molecule has 1 aromatic carbocycles. The molecule has 6 nitrogen and oxygen atoms in total. The molecule has 0 aromatic heterocycles. The standard InChI is InChI=1S/C20H26N2O4/c1-4-26-20(25)15-5-7-21(8-6-15)17-12-18(23)22(19(17)24)16-10-13(2)9-14(3)11-16/h9-11,15,17H,4-8,12H2,1-3H3. The lowest BCUT2D eigenvalue weighted by atomic mass is 9.95. The molecule has 26 heavy (non-hydrogen) atoms. The van der Waals surface area contributed by atoms with Gasteiger partial charge in [-0.3, -0.25) is 19.3 Å². The number of anilines is 1. The van der Waals surface area contributed by atoms with E-state index in [2.05, 4.69) is 0 Å². The number of nitrogens with zero attached hydrogens (tertiary/aromatic N) is 2. The molecular formula is C20H26N2O4. The van der Waals surface area contributed by atoms with E-state index in [0.29, 0.717) is 38.2 Å². The van der Waals surface area contributed by atoms with E-state index in [1.54, 1.807) is 6.92 Å². The van der Waals surface area contributed by atoms with Crippen LogP contribution in [-0.4, -0.2) is 48.4 Å². The fourth-order valence-electron chi connectivity index (χ4n) is 3.96. The number of benzene rings is 1. The van der Waals surface area contributed by atoms with Gasteiger partial charge >= 0.3 is 5.97 Å². The zero-order valence-corrected chi connectivity index (χ0v) is 15.7. The van der Waals surface area contributed by atoms with Crippen LogP contribution in [0.3, 0.4) is 0 Å². The number of hydrogen-bond acceptors (Lipinski definition) is 5. The molecular weight excluding hydrogens is 332 g/mol. The Kier molecular flexibility index (Phi) is 5.41. The Morgan fingerprint density at radius 3 is 2.31 bits per heavy atom. The molecule has 0 spiro atoms. The normalized spacial score (nSPS) is 22.1. The molecule has 3 rings (SSSR count). The third-order valence-electron chi connectivity index (χ3n) is 5.18. The molecule has 0 saturated carbocycles. The number of aryl methyl sites for hydroxylation is 2. The van der Waals surface area contributed by atoms with Crippen LogP contribution in [0.2, 0.25) is 0 Å². The number of carbonyl (C=O) groups is 3. The van der Waals surface area contributed by atoms with Crippen molar-refractivity contribution < 1.29 is 19.1 Å². The zero-order chi connectivity index (χ0) is 18.8. The first-order chi connectivity index (χ1) is 12.4. The maximum Gasteiger partial charge on any atom is 0.309 e. The highest BCUT2D eigenvalue weighted by Crippen LogP contribution is 2.30. The second kappa shape index (κ2) is 7.58. The number of imide groups is 1. The van der Waals surface area contributed by atoms with E-state index in [1.165, 1.54) is 4.90 Å². The van der Waals surface area contributed by atoms with Gasteiger partial charge in [-0.25, -0.2) is 4.90 Å². The minimum absolute atomic E-state index is 0.103. The highest BCUT2D eigenvalue weighted by atomic mass is 16.5. The quantitative estimate of drug-likeness (QED) is 0.610. The van der Waals surface area contributed by atoms with Crippen LogP contribution in [0.15, 0.2) is 18.2 Å². The monoisotopic (exact) mass is 358 g/mol. The summed E-state index contributed by atoms with van der Waals surface area (Å²) in [6.45, 7) is 7.37. The molecule has 140 valence electrons. The molecule has 0 N–H and O–H groups in total. The number of piperidine rings is 1. The maximum absolute atomic E-state index is 12.9. The first-order valence-corrected chi connectivity index (χ1v) is 9.26. The molecule has 2 saturated heterocycles.